The zero-order chi connectivity index (χ0) is 18.9. The fraction of sp³-hybridized carbons (Fsp3) is 0.500. The molecule has 10 heteroatoms. The highest BCUT2D eigenvalue weighted by Crippen LogP contribution is 2.31. The van der Waals surface area contributed by atoms with E-state index in [1.165, 1.54) is 16.6 Å². The first-order valence-corrected chi connectivity index (χ1v) is 12.1. The van der Waals surface area contributed by atoms with Crippen LogP contribution in [0, 0.1) is 0 Å². The molecule has 1 aromatic carbocycles. The lowest BCUT2D eigenvalue weighted by atomic mass is 10.3. The topological polar surface area (TPSA) is 73.8 Å². The molecule has 26 heavy (non-hydrogen) atoms. The first-order valence-electron chi connectivity index (χ1n) is 8.16. The van der Waals surface area contributed by atoms with Crippen LogP contribution in [0.3, 0.4) is 0 Å². The number of carbonyl (C=O) groups is 1. The molecule has 2 aromatic rings. The summed E-state index contributed by atoms with van der Waals surface area (Å²) in [4.78, 5) is 22.1. The maximum Gasteiger partial charge on any atom is 0.238 e. The molecule has 7 nitrogen and oxygen atoms in total. The van der Waals surface area contributed by atoms with Crippen LogP contribution >= 0.6 is 23.1 Å². The zero-order valence-electron chi connectivity index (χ0n) is 15.0. The number of rotatable bonds is 5. The fourth-order valence-electron chi connectivity index (χ4n) is 2.71. The van der Waals surface area contributed by atoms with Gasteiger partial charge in [-0.2, -0.15) is 4.31 Å². The molecule has 2 heterocycles. The van der Waals surface area contributed by atoms with Crippen LogP contribution < -0.4 is 4.90 Å². The van der Waals surface area contributed by atoms with Crippen molar-refractivity contribution < 1.29 is 13.2 Å². The third-order valence-corrected chi connectivity index (χ3v) is 7.48. The monoisotopic (exact) mass is 414 g/mol. The predicted molar refractivity (Wildman–Crippen MR) is 108 cm³/mol. The van der Waals surface area contributed by atoms with Crippen LogP contribution in [-0.2, 0) is 14.8 Å². The number of anilines is 1. The molecule has 1 aromatic heterocycles. The number of hydrogen-bond acceptors (Lipinski definition) is 7. The number of carbonyl (C=O) groups excluding carboxylic acids is 1. The summed E-state index contributed by atoms with van der Waals surface area (Å²) in [6.45, 7) is 2.43. The summed E-state index contributed by atoms with van der Waals surface area (Å²) in [5, 5.41) is 0.971. The van der Waals surface area contributed by atoms with Gasteiger partial charge in [-0.1, -0.05) is 11.3 Å². The van der Waals surface area contributed by atoms with Crippen LogP contribution in [0.4, 0.5) is 5.13 Å². The van der Waals surface area contributed by atoms with E-state index in [0.717, 1.165) is 21.2 Å². The number of piperazine rings is 1. The van der Waals surface area contributed by atoms with Gasteiger partial charge in [0.15, 0.2) is 5.13 Å². The molecule has 0 saturated carbocycles. The minimum absolute atomic E-state index is 0.114. The van der Waals surface area contributed by atoms with Gasteiger partial charge in [0.05, 0.1) is 23.0 Å². The number of benzene rings is 1. The lowest BCUT2D eigenvalue weighted by molar-refractivity contribution is -0.131. The molecule has 0 unspecified atom stereocenters. The molecule has 0 bridgehead atoms. The maximum absolute atomic E-state index is 12.3. The van der Waals surface area contributed by atoms with Gasteiger partial charge in [0, 0.05) is 38.1 Å². The van der Waals surface area contributed by atoms with Gasteiger partial charge in [0.1, 0.15) is 0 Å². The lowest BCUT2D eigenvalue weighted by Gasteiger charge is -2.35. The van der Waals surface area contributed by atoms with Crippen molar-refractivity contribution in [1.29, 1.82) is 0 Å². The molecule has 1 fully saturated rings. The van der Waals surface area contributed by atoms with Crippen LogP contribution in [0.25, 0.3) is 10.2 Å². The van der Waals surface area contributed by atoms with Crippen LogP contribution in [0.5, 0.6) is 0 Å². The third kappa shape index (κ3) is 4.30. The number of fused-ring (bicyclic) bond motifs is 1. The minimum atomic E-state index is -3.35. The average molecular weight is 415 g/mol. The van der Waals surface area contributed by atoms with Gasteiger partial charge in [-0.05, 0) is 24.5 Å². The molecule has 0 atom stereocenters. The Bertz CT molecular complexity index is 905. The van der Waals surface area contributed by atoms with Crippen molar-refractivity contribution >= 4 is 54.4 Å². The number of amides is 1. The standard InChI is InChI=1S/C16H22N4O3S3/c1-18(26(3,22)23)11-15(21)19-6-8-20(9-7-19)16-17-13-5-4-12(24-2)10-14(13)25-16/h4-5,10H,6-9,11H2,1-3H3. The van der Waals surface area contributed by atoms with Gasteiger partial charge in [-0.25, -0.2) is 13.4 Å². The lowest BCUT2D eigenvalue weighted by Crippen LogP contribution is -2.51. The number of nitrogens with zero attached hydrogens (tertiary/aromatic N) is 4. The first kappa shape index (κ1) is 19.4. The second kappa shape index (κ2) is 7.71. The number of likely N-dealkylation sites (N-methyl/N-ethyl adjacent to an activating group) is 1. The van der Waals surface area contributed by atoms with Gasteiger partial charge < -0.3 is 9.80 Å². The predicted octanol–water partition coefficient (Wildman–Crippen LogP) is 1.56. The summed E-state index contributed by atoms with van der Waals surface area (Å²) in [6, 6.07) is 6.27. The number of thiazole rings is 1. The summed E-state index contributed by atoms with van der Waals surface area (Å²) in [5.74, 6) is -0.161. The van der Waals surface area contributed by atoms with Gasteiger partial charge >= 0.3 is 0 Å². The number of hydrogen-bond donors (Lipinski definition) is 0. The van der Waals surface area contributed by atoms with Crippen molar-refractivity contribution in [3.63, 3.8) is 0 Å². The van der Waals surface area contributed by atoms with Crippen LogP contribution in [-0.4, -0.2) is 80.8 Å². The van der Waals surface area contributed by atoms with Gasteiger partial charge in [-0.3, -0.25) is 4.79 Å². The summed E-state index contributed by atoms with van der Waals surface area (Å²) in [5.41, 5.74) is 0.996. The molecule has 0 aliphatic carbocycles. The van der Waals surface area contributed by atoms with Gasteiger partial charge in [-0.15, -0.1) is 11.8 Å². The molecule has 0 N–H and O–H groups in total. The highest BCUT2D eigenvalue weighted by atomic mass is 32.2. The van der Waals surface area contributed by atoms with Crippen LogP contribution in [0.15, 0.2) is 23.1 Å². The van der Waals surface area contributed by atoms with Crippen molar-refractivity contribution in [2.45, 2.75) is 4.90 Å². The summed E-state index contributed by atoms with van der Waals surface area (Å²) in [7, 11) is -1.92. The molecule has 1 aliphatic rings. The molecule has 1 amide bonds. The maximum atomic E-state index is 12.3. The smallest absolute Gasteiger partial charge is 0.238 e. The molecular weight excluding hydrogens is 392 g/mol. The molecule has 142 valence electrons. The first-order chi connectivity index (χ1) is 12.3. The van der Waals surface area contributed by atoms with Crippen molar-refractivity contribution in [1.82, 2.24) is 14.2 Å². The van der Waals surface area contributed by atoms with Crippen molar-refractivity contribution in [3.05, 3.63) is 18.2 Å². The van der Waals surface area contributed by atoms with E-state index in [4.69, 9.17) is 4.98 Å². The Morgan fingerprint density at radius 2 is 2.00 bits per heavy atom. The largest absolute Gasteiger partial charge is 0.345 e. The van der Waals surface area contributed by atoms with E-state index in [9.17, 15) is 13.2 Å². The van der Waals surface area contributed by atoms with E-state index < -0.39 is 10.0 Å². The van der Waals surface area contributed by atoms with E-state index >= 15 is 0 Å². The fourth-order valence-corrected chi connectivity index (χ4v) is 4.63. The van der Waals surface area contributed by atoms with E-state index in [1.54, 1.807) is 28.0 Å². The van der Waals surface area contributed by atoms with Crippen LogP contribution in [0.1, 0.15) is 0 Å². The minimum Gasteiger partial charge on any atom is -0.345 e. The Morgan fingerprint density at radius 3 is 2.62 bits per heavy atom. The Kier molecular flexibility index (Phi) is 5.75. The summed E-state index contributed by atoms with van der Waals surface area (Å²) < 4.78 is 25.2. The van der Waals surface area contributed by atoms with Gasteiger partial charge in [0.25, 0.3) is 0 Å². The van der Waals surface area contributed by atoms with E-state index in [2.05, 4.69) is 23.3 Å². The van der Waals surface area contributed by atoms with E-state index in [1.807, 2.05) is 6.07 Å². The Labute approximate surface area is 162 Å². The molecule has 1 saturated heterocycles. The highest BCUT2D eigenvalue weighted by Gasteiger charge is 2.25. The molecular formula is C16H22N4O3S3. The molecule has 3 rings (SSSR count). The van der Waals surface area contributed by atoms with E-state index in [0.29, 0.717) is 26.2 Å². The third-order valence-electron chi connectivity index (χ3n) is 4.41. The second-order valence-electron chi connectivity index (χ2n) is 6.22. The molecule has 0 spiro atoms. The van der Waals surface area contributed by atoms with Crippen molar-refractivity contribution in [2.75, 3.05) is 57.2 Å². The zero-order valence-corrected chi connectivity index (χ0v) is 17.5. The summed E-state index contributed by atoms with van der Waals surface area (Å²) >= 11 is 3.38. The quantitative estimate of drug-likeness (QED) is 0.692. The van der Waals surface area contributed by atoms with Crippen LogP contribution in [0.2, 0.25) is 0 Å². The molecule has 0 radical (unpaired) electrons. The number of thioether (sulfide) groups is 1. The van der Waals surface area contributed by atoms with Crippen molar-refractivity contribution in [2.24, 2.45) is 0 Å². The Morgan fingerprint density at radius 1 is 1.31 bits per heavy atom. The SMILES string of the molecule is CSc1ccc2nc(N3CCN(C(=O)CN(C)S(C)(=O)=O)CC3)sc2c1. The Hall–Kier alpha value is -1.36. The van der Waals surface area contributed by atoms with Crippen molar-refractivity contribution in [3.8, 4) is 0 Å². The second-order valence-corrected chi connectivity index (χ2v) is 10.2. The van der Waals surface area contributed by atoms with E-state index in [-0.39, 0.29) is 12.5 Å². The average Bonchev–Trinajstić information content (AvgIpc) is 3.04. The number of aromatic nitrogens is 1. The van der Waals surface area contributed by atoms with Gasteiger partial charge in [0.2, 0.25) is 15.9 Å². The summed E-state index contributed by atoms with van der Waals surface area (Å²) in [6.07, 6.45) is 3.16. The highest BCUT2D eigenvalue weighted by molar-refractivity contribution is 7.98. The molecule has 1 aliphatic heterocycles. The number of sulfonamides is 1. The Balaban J connectivity index is 1.62. The normalized spacial score (nSPS) is 15.8.